The van der Waals surface area contributed by atoms with E-state index < -0.39 is 12.2 Å². The van der Waals surface area contributed by atoms with Crippen LogP contribution in [0.1, 0.15) is 42.7 Å². The normalized spacial score (nSPS) is 14.4. The van der Waals surface area contributed by atoms with Gasteiger partial charge < -0.3 is 59.3 Å². The molecule has 5 N–H and O–H groups in total. The molecule has 69 heavy (non-hydrogen) atoms. The fraction of sp³-hybridized carbons (Fsp3) is 0.480. The van der Waals surface area contributed by atoms with Crippen molar-refractivity contribution in [3.63, 3.8) is 0 Å². The van der Waals surface area contributed by atoms with Crippen LogP contribution in [0.5, 0.6) is 11.5 Å². The van der Waals surface area contributed by atoms with Gasteiger partial charge in [-0.1, -0.05) is 24.2 Å². The number of aromatic nitrogens is 7. The Morgan fingerprint density at radius 3 is 2.16 bits per heavy atom. The molecule has 0 saturated carbocycles. The third-order valence-corrected chi connectivity index (χ3v) is 11.8. The van der Waals surface area contributed by atoms with Crippen molar-refractivity contribution in [2.45, 2.75) is 64.3 Å². The van der Waals surface area contributed by atoms with Crippen molar-refractivity contribution in [2.75, 3.05) is 104 Å². The summed E-state index contributed by atoms with van der Waals surface area (Å²) in [5.41, 5.74) is 6.17. The SMILES string of the molecule is CNCC(O)COc1cccc(-c2nc(NC3CCOCC3)cc(-c3cnn(CC(C)c4cc(OCC(O)CNC)cc(-c5nc(-c6c(C)noc6C)cc(N(CCOC)CCOC)n5)c4)c3)n2)c1. The summed E-state index contributed by atoms with van der Waals surface area (Å²) >= 11 is 0. The van der Waals surface area contributed by atoms with E-state index in [1.807, 2.05) is 79.5 Å². The van der Waals surface area contributed by atoms with E-state index in [-0.39, 0.29) is 25.2 Å². The lowest BCUT2D eigenvalue weighted by Gasteiger charge is -2.24. The minimum atomic E-state index is -0.725. The molecule has 370 valence electrons. The third-order valence-electron chi connectivity index (χ3n) is 11.8. The highest BCUT2D eigenvalue weighted by Crippen LogP contribution is 2.35. The highest BCUT2D eigenvalue weighted by atomic mass is 16.5. The van der Waals surface area contributed by atoms with Gasteiger partial charge in [0.15, 0.2) is 11.6 Å². The Hall–Kier alpha value is -6.06. The maximum absolute atomic E-state index is 10.7. The first-order valence-electron chi connectivity index (χ1n) is 23.5. The molecule has 6 aromatic rings. The van der Waals surface area contributed by atoms with Crippen LogP contribution in [-0.4, -0.2) is 157 Å². The smallest absolute Gasteiger partial charge is 0.162 e. The second kappa shape index (κ2) is 25.0. The molecule has 0 radical (unpaired) electrons. The van der Waals surface area contributed by atoms with E-state index in [1.54, 1.807) is 28.3 Å². The molecule has 0 amide bonds. The highest BCUT2D eigenvalue weighted by molar-refractivity contribution is 5.72. The molecular formula is C50H67N11O8. The topological polar surface area (TPSA) is 221 Å². The van der Waals surface area contributed by atoms with Gasteiger partial charge in [0.05, 0.1) is 42.1 Å². The van der Waals surface area contributed by atoms with Crippen molar-refractivity contribution in [1.29, 1.82) is 0 Å². The third kappa shape index (κ3) is 14.0. The van der Waals surface area contributed by atoms with Gasteiger partial charge in [-0.05, 0) is 76.7 Å². The molecule has 0 bridgehead atoms. The van der Waals surface area contributed by atoms with Crippen molar-refractivity contribution in [3.05, 3.63) is 84.0 Å². The maximum Gasteiger partial charge on any atom is 0.162 e. The number of ether oxygens (including phenoxy) is 5. The van der Waals surface area contributed by atoms with Crippen LogP contribution in [0, 0.1) is 13.8 Å². The molecule has 1 fully saturated rings. The molecule has 19 nitrogen and oxygen atoms in total. The zero-order valence-corrected chi connectivity index (χ0v) is 40.8. The molecular weight excluding hydrogens is 883 g/mol. The first-order valence-corrected chi connectivity index (χ1v) is 23.5. The standard InChI is InChI=1S/C50H67N11O8/c1-32(28-61-29-38(25-53-61)44-23-46(54-39-11-15-66-16-12-39)57-49(55-44)35-9-8-10-42(20-35)67-30-40(62)26-51-4)36-19-37(22-43(21-36)68-31-41(63)27-52-5)50-56-45(48-33(2)59-69-34(48)3)24-47(58-50)60(13-17-64-6)14-18-65-7/h8-10,19-25,29,32,39-41,51-52,62-63H,11-18,26-28,30-31H2,1-7H3,(H,54,55,57). The maximum atomic E-state index is 10.7. The van der Waals surface area contributed by atoms with E-state index in [9.17, 15) is 10.2 Å². The number of anilines is 2. The van der Waals surface area contributed by atoms with Crippen LogP contribution in [0.2, 0.25) is 0 Å². The fourth-order valence-corrected chi connectivity index (χ4v) is 8.09. The van der Waals surface area contributed by atoms with Crippen LogP contribution in [0.15, 0.2) is 71.5 Å². The average Bonchev–Trinajstić information content (AvgIpc) is 3.97. The van der Waals surface area contributed by atoms with Gasteiger partial charge in [-0.2, -0.15) is 5.10 Å². The number of nitrogens with zero attached hydrogens (tertiary/aromatic N) is 8. The van der Waals surface area contributed by atoms with Crippen molar-refractivity contribution < 1.29 is 38.4 Å². The molecule has 19 heteroatoms. The lowest BCUT2D eigenvalue weighted by atomic mass is 9.98. The molecule has 3 unspecified atom stereocenters. The van der Waals surface area contributed by atoms with Crippen molar-refractivity contribution >= 4 is 11.6 Å². The van der Waals surface area contributed by atoms with E-state index in [0.29, 0.717) is 117 Å². The largest absolute Gasteiger partial charge is 0.491 e. The number of hydrogen-bond donors (Lipinski definition) is 5. The molecule has 5 heterocycles. The molecule has 3 atom stereocenters. The Morgan fingerprint density at radius 1 is 0.797 bits per heavy atom. The predicted octanol–water partition coefficient (Wildman–Crippen LogP) is 5.15. The summed E-state index contributed by atoms with van der Waals surface area (Å²) in [6, 6.07) is 17.7. The summed E-state index contributed by atoms with van der Waals surface area (Å²) in [5, 5.41) is 39.6. The number of benzene rings is 2. The molecule has 1 aliphatic heterocycles. The fourth-order valence-electron chi connectivity index (χ4n) is 8.09. The van der Waals surface area contributed by atoms with Gasteiger partial charge in [-0.3, -0.25) is 4.68 Å². The first-order chi connectivity index (χ1) is 33.5. The number of aliphatic hydroxyl groups is 2. The van der Waals surface area contributed by atoms with Gasteiger partial charge in [0.25, 0.3) is 0 Å². The predicted molar refractivity (Wildman–Crippen MR) is 264 cm³/mol. The Bertz CT molecular complexity index is 2520. The number of hydrogen-bond acceptors (Lipinski definition) is 18. The molecule has 1 aliphatic rings. The number of nitrogens with one attached hydrogen (secondary N) is 3. The molecule has 2 aromatic carbocycles. The van der Waals surface area contributed by atoms with E-state index in [2.05, 4.69) is 39.0 Å². The Kier molecular flexibility index (Phi) is 18.4. The van der Waals surface area contributed by atoms with Crippen LogP contribution in [0.4, 0.5) is 11.6 Å². The van der Waals surface area contributed by atoms with Gasteiger partial charge in [0.1, 0.15) is 54.3 Å². The Balaban J connectivity index is 1.22. The lowest BCUT2D eigenvalue weighted by molar-refractivity contribution is 0.0904. The van der Waals surface area contributed by atoms with Crippen molar-refractivity contribution in [3.8, 4) is 56.8 Å². The molecule has 4 aromatic heterocycles. The second-order valence-electron chi connectivity index (χ2n) is 17.3. The second-order valence-corrected chi connectivity index (χ2v) is 17.3. The molecule has 7 rings (SSSR count). The van der Waals surface area contributed by atoms with Crippen LogP contribution in [-0.2, 0) is 20.8 Å². The number of methoxy groups -OCH3 is 2. The van der Waals surface area contributed by atoms with Gasteiger partial charge in [0.2, 0.25) is 0 Å². The Labute approximate surface area is 403 Å². The van der Waals surface area contributed by atoms with Crippen molar-refractivity contribution in [1.82, 2.24) is 45.5 Å². The van der Waals surface area contributed by atoms with Crippen LogP contribution < -0.4 is 30.3 Å². The van der Waals surface area contributed by atoms with Crippen LogP contribution in [0.25, 0.3) is 45.3 Å². The number of rotatable bonds is 26. The van der Waals surface area contributed by atoms with E-state index in [1.165, 1.54) is 0 Å². The van der Waals surface area contributed by atoms with E-state index >= 15 is 0 Å². The summed E-state index contributed by atoms with van der Waals surface area (Å²) in [6.45, 7) is 10.9. The quantitative estimate of drug-likeness (QED) is 0.0475. The monoisotopic (exact) mass is 950 g/mol. The minimum Gasteiger partial charge on any atom is -0.491 e. The summed E-state index contributed by atoms with van der Waals surface area (Å²) in [7, 11) is 6.93. The number of aryl methyl sites for hydroxylation is 2. The molecule has 0 aliphatic carbocycles. The molecule has 0 spiro atoms. The summed E-state index contributed by atoms with van der Waals surface area (Å²) in [5.74, 6) is 4.14. The number of likely N-dealkylation sites (N-methyl/N-ethyl adjacent to an activating group) is 2. The average molecular weight is 950 g/mol. The Morgan fingerprint density at radius 2 is 1.48 bits per heavy atom. The summed E-state index contributed by atoms with van der Waals surface area (Å²) in [4.78, 5) is 22.4. The van der Waals surface area contributed by atoms with E-state index in [0.717, 1.165) is 40.7 Å². The van der Waals surface area contributed by atoms with Gasteiger partial charge >= 0.3 is 0 Å². The zero-order valence-electron chi connectivity index (χ0n) is 40.8. The summed E-state index contributed by atoms with van der Waals surface area (Å²) < 4.78 is 36.3. The van der Waals surface area contributed by atoms with Gasteiger partial charge in [-0.15, -0.1) is 0 Å². The van der Waals surface area contributed by atoms with Gasteiger partial charge in [-0.25, -0.2) is 19.9 Å². The lowest BCUT2D eigenvalue weighted by Crippen LogP contribution is -2.31. The summed E-state index contributed by atoms with van der Waals surface area (Å²) in [6.07, 6.45) is 4.18. The van der Waals surface area contributed by atoms with Gasteiger partial charge in [0, 0.05) is 107 Å². The van der Waals surface area contributed by atoms with E-state index in [4.69, 9.17) is 53.2 Å². The minimum absolute atomic E-state index is 0.0755. The number of aliphatic hydroxyl groups excluding tert-OH is 2. The zero-order chi connectivity index (χ0) is 48.7. The molecule has 1 saturated heterocycles. The first kappa shape index (κ1) is 50.8. The van der Waals surface area contributed by atoms with Crippen molar-refractivity contribution in [2.24, 2.45) is 0 Å². The highest BCUT2D eigenvalue weighted by Gasteiger charge is 2.22. The van der Waals surface area contributed by atoms with Crippen LogP contribution >= 0.6 is 0 Å². The van der Waals surface area contributed by atoms with Crippen LogP contribution in [0.3, 0.4) is 0 Å².